The molecule has 0 saturated carbocycles. The van der Waals surface area contributed by atoms with Crippen molar-refractivity contribution in [1.82, 2.24) is 10.0 Å². The Morgan fingerprint density at radius 3 is 2.38 bits per heavy atom. The van der Waals surface area contributed by atoms with Crippen LogP contribution in [0.2, 0.25) is 0 Å². The van der Waals surface area contributed by atoms with Crippen LogP contribution in [0.4, 0.5) is 0 Å². The van der Waals surface area contributed by atoms with Gasteiger partial charge in [-0.15, -0.1) is 0 Å². The van der Waals surface area contributed by atoms with Gasteiger partial charge in [0, 0.05) is 17.1 Å². The number of sulfonamides is 1. The Morgan fingerprint density at radius 1 is 1.31 bits per heavy atom. The quantitative estimate of drug-likeness (QED) is 0.863. The minimum absolute atomic E-state index is 0.102. The van der Waals surface area contributed by atoms with Crippen LogP contribution in [0.1, 0.15) is 6.92 Å². The summed E-state index contributed by atoms with van der Waals surface area (Å²) in [6.07, 6.45) is 0. The monoisotopic (exact) mass is 306 g/mol. The molecule has 0 fully saturated rings. The zero-order chi connectivity index (χ0) is 12.2. The first kappa shape index (κ1) is 13.6. The maximum atomic E-state index is 11.8. The van der Waals surface area contributed by atoms with Gasteiger partial charge in [0.05, 0.1) is 4.90 Å². The van der Waals surface area contributed by atoms with Crippen molar-refractivity contribution >= 4 is 26.0 Å². The average Bonchev–Trinajstić information content (AvgIpc) is 2.26. The second-order valence-corrected chi connectivity index (χ2v) is 6.18. The van der Waals surface area contributed by atoms with Crippen LogP contribution in [0, 0.1) is 0 Å². The number of benzene rings is 1. The molecular formula is C10H15BrN2O2S. The maximum absolute atomic E-state index is 11.8. The van der Waals surface area contributed by atoms with Crippen LogP contribution in [0.25, 0.3) is 0 Å². The van der Waals surface area contributed by atoms with E-state index in [1.807, 2.05) is 6.92 Å². The summed E-state index contributed by atoms with van der Waals surface area (Å²) in [4.78, 5) is 0.277. The third-order valence-corrected chi connectivity index (χ3v) is 4.16. The molecule has 0 aromatic heterocycles. The minimum atomic E-state index is -3.39. The molecule has 0 aliphatic carbocycles. The van der Waals surface area contributed by atoms with E-state index in [1.54, 1.807) is 31.3 Å². The first-order valence-electron chi connectivity index (χ1n) is 4.88. The summed E-state index contributed by atoms with van der Waals surface area (Å²) in [5.74, 6) is 0. The lowest BCUT2D eigenvalue weighted by molar-refractivity contribution is 0.554. The van der Waals surface area contributed by atoms with Crippen LogP contribution in [-0.2, 0) is 10.0 Å². The average molecular weight is 307 g/mol. The van der Waals surface area contributed by atoms with E-state index < -0.39 is 10.0 Å². The molecule has 1 aromatic carbocycles. The van der Waals surface area contributed by atoms with Crippen molar-refractivity contribution in [3.05, 3.63) is 28.7 Å². The number of hydrogen-bond donors (Lipinski definition) is 2. The van der Waals surface area contributed by atoms with Gasteiger partial charge in [-0.3, -0.25) is 0 Å². The van der Waals surface area contributed by atoms with Gasteiger partial charge in [-0.2, -0.15) is 0 Å². The van der Waals surface area contributed by atoms with Crippen molar-refractivity contribution in [2.75, 3.05) is 13.6 Å². The van der Waals surface area contributed by atoms with Gasteiger partial charge in [0.15, 0.2) is 0 Å². The highest BCUT2D eigenvalue weighted by Crippen LogP contribution is 2.14. The molecule has 6 heteroatoms. The van der Waals surface area contributed by atoms with E-state index in [0.717, 1.165) is 4.47 Å². The highest BCUT2D eigenvalue weighted by molar-refractivity contribution is 9.10. The van der Waals surface area contributed by atoms with Crippen LogP contribution in [0.5, 0.6) is 0 Å². The van der Waals surface area contributed by atoms with Crippen molar-refractivity contribution in [2.45, 2.75) is 17.9 Å². The van der Waals surface area contributed by atoms with E-state index in [-0.39, 0.29) is 10.9 Å². The Labute approximate surface area is 105 Å². The standard InChI is InChI=1S/C10H15BrN2O2S/c1-8(12-2)7-13-16(14,15)10-5-3-9(11)4-6-10/h3-6,8,12-13H,7H2,1-2H3. The second-order valence-electron chi connectivity index (χ2n) is 3.50. The first-order valence-corrected chi connectivity index (χ1v) is 7.16. The summed E-state index contributed by atoms with van der Waals surface area (Å²) in [6.45, 7) is 2.28. The molecular weight excluding hydrogens is 292 g/mol. The predicted molar refractivity (Wildman–Crippen MR) is 67.9 cm³/mol. The van der Waals surface area contributed by atoms with Crippen LogP contribution in [0.15, 0.2) is 33.6 Å². The summed E-state index contributed by atoms with van der Waals surface area (Å²) in [5, 5.41) is 2.96. The zero-order valence-corrected chi connectivity index (χ0v) is 11.6. The summed E-state index contributed by atoms with van der Waals surface area (Å²) in [5.41, 5.74) is 0. The summed E-state index contributed by atoms with van der Waals surface area (Å²) < 4.78 is 27.0. The molecule has 1 aromatic rings. The molecule has 2 N–H and O–H groups in total. The van der Waals surface area contributed by atoms with Gasteiger partial charge in [0.25, 0.3) is 0 Å². The molecule has 1 rings (SSSR count). The van der Waals surface area contributed by atoms with Crippen LogP contribution < -0.4 is 10.0 Å². The molecule has 0 radical (unpaired) electrons. The van der Waals surface area contributed by atoms with Gasteiger partial charge in [0.2, 0.25) is 10.0 Å². The number of likely N-dealkylation sites (N-methyl/N-ethyl adjacent to an activating group) is 1. The third-order valence-electron chi connectivity index (χ3n) is 2.20. The molecule has 4 nitrogen and oxygen atoms in total. The van der Waals surface area contributed by atoms with Gasteiger partial charge in [-0.05, 0) is 38.2 Å². The first-order chi connectivity index (χ1) is 7.45. The number of halogens is 1. The van der Waals surface area contributed by atoms with Crippen molar-refractivity contribution < 1.29 is 8.42 Å². The van der Waals surface area contributed by atoms with Crippen molar-refractivity contribution in [1.29, 1.82) is 0 Å². The van der Waals surface area contributed by atoms with Crippen LogP contribution in [0.3, 0.4) is 0 Å². The summed E-state index contributed by atoms with van der Waals surface area (Å²) >= 11 is 3.26. The molecule has 0 amide bonds. The molecule has 0 heterocycles. The number of hydrogen-bond acceptors (Lipinski definition) is 3. The predicted octanol–water partition coefficient (Wildman–Crippen LogP) is 1.34. The van der Waals surface area contributed by atoms with Gasteiger partial charge in [-0.25, -0.2) is 13.1 Å². The lowest BCUT2D eigenvalue weighted by Gasteiger charge is -2.11. The van der Waals surface area contributed by atoms with E-state index in [4.69, 9.17) is 0 Å². The molecule has 0 aliphatic heterocycles. The Bertz CT molecular complexity index is 431. The molecule has 1 atom stereocenters. The Morgan fingerprint density at radius 2 is 1.88 bits per heavy atom. The van der Waals surface area contributed by atoms with Crippen LogP contribution in [-0.4, -0.2) is 28.1 Å². The zero-order valence-electron chi connectivity index (χ0n) is 9.20. The van der Waals surface area contributed by atoms with Crippen LogP contribution >= 0.6 is 15.9 Å². The molecule has 1 unspecified atom stereocenters. The van der Waals surface area contributed by atoms with E-state index in [9.17, 15) is 8.42 Å². The number of nitrogens with one attached hydrogen (secondary N) is 2. The maximum Gasteiger partial charge on any atom is 0.240 e. The Kier molecular flexibility index (Phi) is 4.91. The third kappa shape index (κ3) is 3.86. The smallest absolute Gasteiger partial charge is 0.240 e. The van der Waals surface area contributed by atoms with E-state index in [0.29, 0.717) is 6.54 Å². The lowest BCUT2D eigenvalue weighted by Crippen LogP contribution is -2.37. The highest BCUT2D eigenvalue weighted by Gasteiger charge is 2.13. The summed E-state index contributed by atoms with van der Waals surface area (Å²) in [6, 6.07) is 6.64. The van der Waals surface area contributed by atoms with Crippen molar-refractivity contribution in [3.8, 4) is 0 Å². The van der Waals surface area contributed by atoms with E-state index >= 15 is 0 Å². The largest absolute Gasteiger partial charge is 0.316 e. The Hall–Kier alpha value is -0.430. The lowest BCUT2D eigenvalue weighted by atomic mass is 10.4. The van der Waals surface area contributed by atoms with E-state index in [1.165, 1.54) is 0 Å². The molecule has 0 saturated heterocycles. The van der Waals surface area contributed by atoms with Gasteiger partial charge >= 0.3 is 0 Å². The molecule has 0 aliphatic rings. The topological polar surface area (TPSA) is 58.2 Å². The highest BCUT2D eigenvalue weighted by atomic mass is 79.9. The van der Waals surface area contributed by atoms with Crippen molar-refractivity contribution in [2.24, 2.45) is 0 Å². The molecule has 0 spiro atoms. The molecule has 90 valence electrons. The van der Waals surface area contributed by atoms with Gasteiger partial charge in [-0.1, -0.05) is 15.9 Å². The fourth-order valence-corrected chi connectivity index (χ4v) is 2.43. The van der Waals surface area contributed by atoms with Gasteiger partial charge in [0.1, 0.15) is 0 Å². The normalized spacial score (nSPS) is 13.7. The molecule has 0 bridgehead atoms. The number of rotatable bonds is 5. The van der Waals surface area contributed by atoms with Crippen molar-refractivity contribution in [3.63, 3.8) is 0 Å². The fraction of sp³-hybridized carbons (Fsp3) is 0.400. The minimum Gasteiger partial charge on any atom is -0.316 e. The molecule has 16 heavy (non-hydrogen) atoms. The van der Waals surface area contributed by atoms with E-state index in [2.05, 4.69) is 26.0 Å². The Balaban J connectivity index is 2.74. The fourth-order valence-electron chi connectivity index (χ4n) is 1.03. The SMILES string of the molecule is CNC(C)CNS(=O)(=O)c1ccc(Br)cc1. The summed E-state index contributed by atoms with van der Waals surface area (Å²) in [7, 11) is -1.60. The second kappa shape index (κ2) is 5.77. The van der Waals surface area contributed by atoms with Gasteiger partial charge < -0.3 is 5.32 Å².